The van der Waals surface area contributed by atoms with E-state index in [0.29, 0.717) is 28.1 Å². The molecule has 1 fully saturated rings. The molecule has 11 heteroatoms. The summed E-state index contributed by atoms with van der Waals surface area (Å²) >= 11 is 13.2. The molecule has 1 unspecified atom stereocenters. The van der Waals surface area contributed by atoms with Crippen molar-refractivity contribution in [1.29, 1.82) is 0 Å². The minimum Gasteiger partial charge on any atom is -0.348 e. The number of amides is 1. The van der Waals surface area contributed by atoms with E-state index in [0.717, 1.165) is 49.0 Å². The molecule has 2 atom stereocenters. The summed E-state index contributed by atoms with van der Waals surface area (Å²) in [6, 6.07) is 9.85. The highest BCUT2D eigenvalue weighted by atomic mass is 35.5. The van der Waals surface area contributed by atoms with Crippen molar-refractivity contribution in [2.75, 3.05) is 6.54 Å². The van der Waals surface area contributed by atoms with E-state index in [9.17, 15) is 13.2 Å². The van der Waals surface area contributed by atoms with E-state index in [1.165, 1.54) is 17.8 Å². The van der Waals surface area contributed by atoms with Crippen LogP contribution in [0.4, 0.5) is 0 Å². The Labute approximate surface area is 233 Å². The number of hydrogen-bond donors (Lipinski definition) is 3. The molecule has 4 N–H and O–H groups in total. The molecule has 1 amide bonds. The number of carbonyl (C=O) groups is 1. The van der Waals surface area contributed by atoms with E-state index in [1.54, 1.807) is 30.6 Å². The predicted molar refractivity (Wildman–Crippen MR) is 149 cm³/mol. The number of likely N-dealkylation sites (tertiary alicyclic amines) is 1. The normalized spacial score (nSPS) is 19.3. The molecular weight excluding hydrogens is 547 g/mol. The lowest BCUT2D eigenvalue weighted by Gasteiger charge is -2.31. The number of aromatic nitrogens is 2. The van der Waals surface area contributed by atoms with Gasteiger partial charge in [0, 0.05) is 40.7 Å². The molecule has 2 aromatic carbocycles. The van der Waals surface area contributed by atoms with Crippen LogP contribution in [0.1, 0.15) is 43.6 Å². The van der Waals surface area contributed by atoms with E-state index in [1.807, 2.05) is 18.7 Å². The molecule has 1 saturated heterocycles. The third-order valence-electron chi connectivity index (χ3n) is 6.83. The van der Waals surface area contributed by atoms with Gasteiger partial charge in [0.05, 0.1) is 16.9 Å². The predicted octanol–water partition coefficient (Wildman–Crippen LogP) is 4.93. The molecule has 1 aromatic heterocycles. The van der Waals surface area contributed by atoms with Gasteiger partial charge in [-0.3, -0.25) is 9.35 Å². The number of aryl methyl sites for hydroxylation is 1. The summed E-state index contributed by atoms with van der Waals surface area (Å²) in [5.41, 5.74) is 9.50. The summed E-state index contributed by atoms with van der Waals surface area (Å²) in [7, 11) is -4.26. The number of benzene rings is 2. The molecule has 3 aromatic rings. The SMILES string of the molecule is CC(C)N.O=C1[C@H](Cc2c(Cl)cc(-c3ccc(S(=O)(=O)O)cc3)cc2Cl)CCN1C1CCc2[nH]cnc2C1. The number of H-pyrrole nitrogens is 1. The van der Waals surface area contributed by atoms with Crippen molar-refractivity contribution in [1.82, 2.24) is 14.9 Å². The maximum atomic E-state index is 13.2. The number of nitrogens with one attached hydrogen (secondary N) is 1. The molecule has 38 heavy (non-hydrogen) atoms. The van der Waals surface area contributed by atoms with E-state index in [-0.39, 0.29) is 22.8 Å². The first-order chi connectivity index (χ1) is 17.9. The monoisotopic (exact) mass is 578 g/mol. The maximum absolute atomic E-state index is 13.2. The molecule has 8 nitrogen and oxygen atoms in total. The van der Waals surface area contributed by atoms with Crippen LogP contribution in [-0.4, -0.2) is 52.4 Å². The largest absolute Gasteiger partial charge is 0.348 e. The second-order valence-corrected chi connectivity index (χ2v) is 12.3. The highest BCUT2D eigenvalue weighted by Gasteiger charge is 2.38. The van der Waals surface area contributed by atoms with Gasteiger partial charge in [0.2, 0.25) is 5.91 Å². The zero-order chi connectivity index (χ0) is 27.6. The lowest BCUT2D eigenvalue weighted by molar-refractivity contribution is -0.133. The molecule has 2 aliphatic rings. The van der Waals surface area contributed by atoms with Gasteiger partial charge in [-0.25, -0.2) is 4.98 Å². The standard InChI is InChI=1S/C24H23Cl2N3O4S.C3H9N/c25-20-10-16(14-1-4-18(5-2-14)34(31,32)33)11-21(26)19(20)9-15-7-8-29(24(15)30)17-3-6-22-23(12-17)28-13-27-22;1-3(2)4/h1-2,4-5,10-11,13,15,17H,3,6-9,12H2,(H,27,28)(H,31,32,33);3H,4H2,1-2H3/t15-,17?;/m0./s1. The fourth-order valence-corrected chi connectivity index (χ4v) is 6.11. The van der Waals surface area contributed by atoms with Gasteiger partial charge in [-0.2, -0.15) is 8.42 Å². The Morgan fingerprint density at radius 2 is 1.76 bits per heavy atom. The van der Waals surface area contributed by atoms with Crippen LogP contribution in [0.2, 0.25) is 10.0 Å². The minimum absolute atomic E-state index is 0.140. The second-order valence-electron chi connectivity index (χ2n) is 10.1. The van der Waals surface area contributed by atoms with Gasteiger partial charge in [-0.1, -0.05) is 49.2 Å². The van der Waals surface area contributed by atoms with Crippen molar-refractivity contribution in [2.45, 2.75) is 62.9 Å². The van der Waals surface area contributed by atoms with Crippen LogP contribution in [-0.2, 0) is 34.2 Å². The molecule has 0 radical (unpaired) electrons. The Kier molecular flexibility index (Phi) is 8.84. The van der Waals surface area contributed by atoms with Crippen LogP contribution in [0.3, 0.4) is 0 Å². The van der Waals surface area contributed by atoms with Crippen molar-refractivity contribution in [3.8, 4) is 11.1 Å². The number of rotatable bonds is 5. The molecule has 204 valence electrons. The molecule has 2 heterocycles. The fourth-order valence-electron chi connectivity index (χ4n) is 4.99. The summed E-state index contributed by atoms with van der Waals surface area (Å²) in [5, 5.41) is 0.929. The lowest BCUT2D eigenvalue weighted by Crippen LogP contribution is -2.41. The molecular formula is C27H32Cl2N4O4S. The Hall–Kier alpha value is -2.43. The average Bonchev–Trinajstić information content (AvgIpc) is 3.46. The van der Waals surface area contributed by atoms with Crippen molar-refractivity contribution in [2.24, 2.45) is 11.7 Å². The molecule has 0 saturated carbocycles. The van der Waals surface area contributed by atoms with Crippen LogP contribution in [0.15, 0.2) is 47.6 Å². The second kappa shape index (κ2) is 11.8. The lowest BCUT2D eigenvalue weighted by atomic mass is 9.94. The van der Waals surface area contributed by atoms with E-state index in [2.05, 4.69) is 9.97 Å². The van der Waals surface area contributed by atoms with E-state index >= 15 is 0 Å². The van der Waals surface area contributed by atoms with E-state index in [4.69, 9.17) is 33.5 Å². The fraction of sp³-hybridized carbons (Fsp3) is 0.407. The molecule has 0 spiro atoms. The summed E-state index contributed by atoms with van der Waals surface area (Å²) in [6.45, 7) is 4.61. The van der Waals surface area contributed by atoms with Gasteiger partial charge < -0.3 is 15.6 Å². The number of nitrogens with two attached hydrogens (primary N) is 1. The first-order valence-corrected chi connectivity index (χ1v) is 14.8. The third-order valence-corrected chi connectivity index (χ3v) is 8.38. The zero-order valence-corrected chi connectivity index (χ0v) is 23.7. The number of nitrogens with zero attached hydrogens (tertiary/aromatic N) is 2. The maximum Gasteiger partial charge on any atom is 0.294 e. The number of imidazole rings is 1. The van der Waals surface area contributed by atoms with Crippen LogP contribution in [0.25, 0.3) is 11.1 Å². The van der Waals surface area contributed by atoms with Gasteiger partial charge in [0.25, 0.3) is 10.1 Å². The summed E-state index contributed by atoms with van der Waals surface area (Å²) in [6.07, 6.45) is 5.56. The molecule has 0 bridgehead atoms. The van der Waals surface area contributed by atoms with Crippen molar-refractivity contribution < 1.29 is 17.8 Å². The molecule has 1 aliphatic heterocycles. The zero-order valence-electron chi connectivity index (χ0n) is 21.3. The number of carbonyl (C=O) groups excluding carboxylic acids is 1. The number of aromatic amines is 1. The van der Waals surface area contributed by atoms with Crippen molar-refractivity contribution in [3.05, 3.63) is 69.7 Å². The van der Waals surface area contributed by atoms with Crippen LogP contribution < -0.4 is 5.73 Å². The van der Waals surface area contributed by atoms with Crippen LogP contribution in [0.5, 0.6) is 0 Å². The Bertz CT molecular complexity index is 1380. The minimum atomic E-state index is -4.26. The molecule has 5 rings (SSSR count). The highest BCUT2D eigenvalue weighted by Crippen LogP contribution is 2.36. The van der Waals surface area contributed by atoms with Crippen LogP contribution >= 0.6 is 23.2 Å². The Morgan fingerprint density at radius 3 is 2.37 bits per heavy atom. The van der Waals surface area contributed by atoms with Gasteiger partial charge in [-0.05, 0) is 72.7 Å². The van der Waals surface area contributed by atoms with Gasteiger partial charge >= 0.3 is 0 Å². The average molecular weight is 580 g/mol. The smallest absolute Gasteiger partial charge is 0.294 e. The highest BCUT2D eigenvalue weighted by molar-refractivity contribution is 7.85. The van der Waals surface area contributed by atoms with Crippen LogP contribution in [0, 0.1) is 5.92 Å². The quantitative estimate of drug-likeness (QED) is 0.368. The Balaban J connectivity index is 0.000000786. The first kappa shape index (κ1) is 28.6. The topological polar surface area (TPSA) is 129 Å². The summed E-state index contributed by atoms with van der Waals surface area (Å²) in [5.74, 6) is -0.0310. The van der Waals surface area contributed by atoms with E-state index < -0.39 is 10.1 Å². The first-order valence-electron chi connectivity index (χ1n) is 12.6. The van der Waals surface area contributed by atoms with Gasteiger partial charge in [0.15, 0.2) is 0 Å². The number of fused-ring (bicyclic) bond motifs is 1. The summed E-state index contributed by atoms with van der Waals surface area (Å²) < 4.78 is 31.7. The Morgan fingerprint density at radius 1 is 1.13 bits per heavy atom. The van der Waals surface area contributed by atoms with Gasteiger partial charge in [0.1, 0.15) is 0 Å². The van der Waals surface area contributed by atoms with Gasteiger partial charge in [-0.15, -0.1) is 0 Å². The number of halogens is 2. The van der Waals surface area contributed by atoms with Crippen molar-refractivity contribution in [3.63, 3.8) is 0 Å². The summed E-state index contributed by atoms with van der Waals surface area (Å²) in [4.78, 5) is 22.6. The number of hydrogen-bond acceptors (Lipinski definition) is 5. The third kappa shape index (κ3) is 6.58. The molecule has 1 aliphatic carbocycles. The van der Waals surface area contributed by atoms with Crippen molar-refractivity contribution >= 4 is 39.2 Å².